The molecule has 0 fully saturated rings. The fraction of sp³-hybridized carbons (Fsp3) is 0.346. The molecule has 0 saturated heterocycles. The number of aryl methyl sites for hydroxylation is 1. The summed E-state index contributed by atoms with van der Waals surface area (Å²) in [4.78, 5) is 27.3. The summed E-state index contributed by atoms with van der Waals surface area (Å²) in [6, 6.07) is 15.1. The van der Waals surface area contributed by atoms with E-state index in [2.05, 4.69) is 26.1 Å². The van der Waals surface area contributed by atoms with Crippen LogP contribution in [0, 0.1) is 12.7 Å². The van der Waals surface area contributed by atoms with Gasteiger partial charge in [-0.1, -0.05) is 45.4 Å². The van der Waals surface area contributed by atoms with Gasteiger partial charge in [0.25, 0.3) is 5.91 Å². The van der Waals surface area contributed by atoms with Crippen LogP contribution in [0.15, 0.2) is 54.6 Å². The van der Waals surface area contributed by atoms with Crippen LogP contribution < -0.4 is 5.32 Å². The van der Waals surface area contributed by atoms with Gasteiger partial charge in [-0.25, -0.2) is 9.07 Å². The molecule has 2 amide bonds. The number of benzene rings is 2. The molecule has 174 valence electrons. The Morgan fingerprint density at radius 1 is 1.06 bits per heavy atom. The van der Waals surface area contributed by atoms with Gasteiger partial charge in [-0.05, 0) is 49.7 Å². The molecule has 0 unspecified atom stereocenters. The molecule has 2 aromatic carbocycles. The third-order valence-corrected chi connectivity index (χ3v) is 5.23. The fourth-order valence-electron chi connectivity index (χ4n) is 3.37. The SMILES string of the molecule is CCCN(CC(=O)Nc1cc(C(C)(C)C)nn1-c1ccc(C)cc1)C(=O)c1ccc(F)cc1. The second-order valence-corrected chi connectivity index (χ2v) is 9.19. The number of carbonyl (C=O) groups excluding carboxylic acids is 2. The van der Waals surface area contributed by atoms with Crippen molar-refractivity contribution in [2.45, 2.75) is 46.5 Å². The predicted octanol–water partition coefficient (Wildman–Crippen LogP) is 5.11. The summed E-state index contributed by atoms with van der Waals surface area (Å²) in [6.07, 6.45) is 0.690. The van der Waals surface area contributed by atoms with Crippen molar-refractivity contribution < 1.29 is 14.0 Å². The lowest BCUT2D eigenvalue weighted by atomic mass is 9.92. The lowest BCUT2D eigenvalue weighted by molar-refractivity contribution is -0.116. The largest absolute Gasteiger partial charge is 0.329 e. The van der Waals surface area contributed by atoms with Crippen molar-refractivity contribution in [3.05, 3.63) is 77.2 Å². The smallest absolute Gasteiger partial charge is 0.254 e. The summed E-state index contributed by atoms with van der Waals surface area (Å²) in [5.74, 6) is -0.508. The molecule has 0 aliphatic heterocycles. The second kappa shape index (κ2) is 9.98. The Kier molecular flexibility index (Phi) is 7.31. The summed E-state index contributed by atoms with van der Waals surface area (Å²) >= 11 is 0. The van der Waals surface area contributed by atoms with Crippen LogP contribution >= 0.6 is 0 Å². The molecule has 3 rings (SSSR count). The van der Waals surface area contributed by atoms with E-state index in [0.29, 0.717) is 24.3 Å². The molecule has 0 aliphatic carbocycles. The standard InChI is InChI=1S/C26H31FN4O2/c1-6-15-30(25(33)19-9-11-20(27)12-10-19)17-24(32)28-23-16-22(26(3,4)5)29-31(23)21-13-7-18(2)8-14-21/h7-14,16H,6,15,17H2,1-5H3,(H,28,32). The second-order valence-electron chi connectivity index (χ2n) is 9.19. The van der Waals surface area contributed by atoms with Crippen LogP contribution in [0.2, 0.25) is 0 Å². The summed E-state index contributed by atoms with van der Waals surface area (Å²) in [5.41, 5.74) is 2.94. The molecular formula is C26H31FN4O2. The van der Waals surface area contributed by atoms with Crippen molar-refractivity contribution >= 4 is 17.6 Å². The maximum atomic E-state index is 13.2. The van der Waals surface area contributed by atoms with E-state index in [4.69, 9.17) is 5.10 Å². The van der Waals surface area contributed by atoms with Gasteiger partial charge in [0, 0.05) is 23.6 Å². The minimum Gasteiger partial charge on any atom is -0.329 e. The number of carbonyl (C=O) groups is 2. The molecule has 0 saturated carbocycles. The van der Waals surface area contributed by atoms with Crippen LogP contribution in [-0.2, 0) is 10.2 Å². The molecule has 0 radical (unpaired) electrons. The quantitative estimate of drug-likeness (QED) is 0.544. The van der Waals surface area contributed by atoms with Crippen molar-refractivity contribution in [2.24, 2.45) is 0 Å². The summed E-state index contributed by atoms with van der Waals surface area (Å²) in [7, 11) is 0. The Bertz CT molecular complexity index is 1110. The zero-order valence-electron chi connectivity index (χ0n) is 19.9. The number of hydrogen-bond acceptors (Lipinski definition) is 3. The zero-order chi connectivity index (χ0) is 24.2. The summed E-state index contributed by atoms with van der Waals surface area (Å²) < 4.78 is 15.0. The van der Waals surface area contributed by atoms with Gasteiger partial charge in [-0.15, -0.1) is 0 Å². The topological polar surface area (TPSA) is 67.2 Å². The number of hydrogen-bond donors (Lipinski definition) is 1. The Hall–Kier alpha value is -3.48. The van der Waals surface area contributed by atoms with Crippen LogP contribution in [0.1, 0.15) is 55.7 Å². The highest BCUT2D eigenvalue weighted by Crippen LogP contribution is 2.26. The molecule has 0 atom stereocenters. The monoisotopic (exact) mass is 450 g/mol. The van der Waals surface area contributed by atoms with E-state index in [1.54, 1.807) is 4.68 Å². The first-order valence-corrected chi connectivity index (χ1v) is 11.1. The van der Waals surface area contributed by atoms with E-state index in [1.807, 2.05) is 44.2 Å². The zero-order valence-corrected chi connectivity index (χ0v) is 19.9. The molecule has 7 heteroatoms. The molecule has 0 spiro atoms. The van der Waals surface area contributed by atoms with E-state index < -0.39 is 5.82 Å². The lowest BCUT2D eigenvalue weighted by Gasteiger charge is -2.22. The highest BCUT2D eigenvalue weighted by molar-refractivity contribution is 5.99. The molecular weight excluding hydrogens is 419 g/mol. The first-order chi connectivity index (χ1) is 15.6. The normalized spacial score (nSPS) is 11.3. The molecule has 1 heterocycles. The van der Waals surface area contributed by atoms with Gasteiger partial charge in [0.2, 0.25) is 5.91 Å². The maximum absolute atomic E-state index is 13.2. The molecule has 3 aromatic rings. The number of rotatable bonds is 7. The van der Waals surface area contributed by atoms with Crippen LogP contribution in [-0.4, -0.2) is 39.6 Å². The Balaban J connectivity index is 1.84. The minimum atomic E-state index is -0.412. The van der Waals surface area contributed by atoms with Gasteiger partial charge in [0.1, 0.15) is 18.2 Å². The van der Waals surface area contributed by atoms with Crippen molar-refractivity contribution in [2.75, 3.05) is 18.4 Å². The highest BCUT2D eigenvalue weighted by Gasteiger charge is 2.23. The first kappa shape index (κ1) is 24.2. The Morgan fingerprint density at radius 3 is 2.27 bits per heavy atom. The van der Waals surface area contributed by atoms with Gasteiger partial charge in [-0.3, -0.25) is 9.59 Å². The third-order valence-electron chi connectivity index (χ3n) is 5.23. The van der Waals surface area contributed by atoms with Gasteiger partial charge in [-0.2, -0.15) is 5.10 Å². The molecule has 6 nitrogen and oxygen atoms in total. The Labute approximate surface area is 194 Å². The number of halogens is 1. The molecule has 1 N–H and O–H groups in total. The first-order valence-electron chi connectivity index (χ1n) is 11.1. The summed E-state index contributed by atoms with van der Waals surface area (Å²) in [5, 5.41) is 7.65. The molecule has 1 aromatic heterocycles. The van der Waals surface area contributed by atoms with Crippen molar-refractivity contribution in [1.82, 2.24) is 14.7 Å². The van der Waals surface area contributed by atoms with Crippen molar-refractivity contribution in [3.63, 3.8) is 0 Å². The average Bonchev–Trinajstić information content (AvgIpc) is 3.18. The van der Waals surface area contributed by atoms with Crippen LogP contribution in [0.4, 0.5) is 10.2 Å². The molecule has 33 heavy (non-hydrogen) atoms. The van der Waals surface area contributed by atoms with Crippen LogP contribution in [0.3, 0.4) is 0 Å². The van der Waals surface area contributed by atoms with E-state index >= 15 is 0 Å². The number of aromatic nitrogens is 2. The summed E-state index contributed by atoms with van der Waals surface area (Å²) in [6.45, 7) is 10.4. The number of anilines is 1. The van der Waals surface area contributed by atoms with Crippen LogP contribution in [0.25, 0.3) is 5.69 Å². The number of amides is 2. The van der Waals surface area contributed by atoms with Crippen LogP contribution in [0.5, 0.6) is 0 Å². The number of nitrogens with zero attached hydrogens (tertiary/aromatic N) is 3. The minimum absolute atomic E-state index is 0.117. The lowest BCUT2D eigenvalue weighted by Crippen LogP contribution is -2.38. The Morgan fingerprint density at radius 2 is 1.70 bits per heavy atom. The van der Waals surface area contributed by atoms with E-state index in [0.717, 1.165) is 16.9 Å². The maximum Gasteiger partial charge on any atom is 0.254 e. The fourth-order valence-corrected chi connectivity index (χ4v) is 3.37. The van der Waals surface area contributed by atoms with Gasteiger partial charge >= 0.3 is 0 Å². The van der Waals surface area contributed by atoms with Crippen molar-refractivity contribution in [3.8, 4) is 5.69 Å². The predicted molar refractivity (Wildman–Crippen MR) is 128 cm³/mol. The van der Waals surface area contributed by atoms with E-state index in [1.165, 1.54) is 29.2 Å². The van der Waals surface area contributed by atoms with E-state index in [9.17, 15) is 14.0 Å². The van der Waals surface area contributed by atoms with E-state index in [-0.39, 0.29) is 23.8 Å². The van der Waals surface area contributed by atoms with Gasteiger partial charge in [0.05, 0.1) is 11.4 Å². The highest BCUT2D eigenvalue weighted by atomic mass is 19.1. The third kappa shape index (κ3) is 6.06. The van der Waals surface area contributed by atoms with Crippen molar-refractivity contribution in [1.29, 1.82) is 0 Å². The average molecular weight is 451 g/mol. The van der Waals surface area contributed by atoms with Gasteiger partial charge < -0.3 is 10.2 Å². The number of nitrogens with one attached hydrogen (secondary N) is 1. The molecule has 0 bridgehead atoms. The molecule has 0 aliphatic rings. The van der Waals surface area contributed by atoms with Gasteiger partial charge in [0.15, 0.2) is 0 Å².